The van der Waals surface area contributed by atoms with E-state index in [1.807, 2.05) is 29.2 Å². The molecule has 7 heteroatoms. The van der Waals surface area contributed by atoms with Crippen molar-refractivity contribution in [3.05, 3.63) is 99.4 Å². The number of carbonyl (C=O) groups is 2. The molecular formula is C32H31ClN4O2. The summed E-state index contributed by atoms with van der Waals surface area (Å²) >= 11 is 6.47. The van der Waals surface area contributed by atoms with Crippen LogP contribution in [0.25, 0.3) is 6.08 Å². The van der Waals surface area contributed by atoms with Gasteiger partial charge in [0.05, 0.1) is 10.4 Å². The van der Waals surface area contributed by atoms with Crippen molar-refractivity contribution in [1.82, 2.24) is 15.5 Å². The molecule has 3 aliphatic heterocycles. The van der Waals surface area contributed by atoms with Crippen LogP contribution < -0.4 is 10.6 Å². The topological polar surface area (TPSA) is 73.8 Å². The second-order valence-electron chi connectivity index (χ2n) is 11.3. The summed E-state index contributed by atoms with van der Waals surface area (Å²) in [5, 5.41) is 6.92. The second kappa shape index (κ2) is 9.23. The molecule has 6 nitrogen and oxygen atoms in total. The predicted molar refractivity (Wildman–Crippen MR) is 153 cm³/mol. The third-order valence-electron chi connectivity index (χ3n) is 9.01. The molecule has 2 aliphatic carbocycles. The van der Waals surface area contributed by atoms with E-state index < -0.39 is 11.1 Å². The van der Waals surface area contributed by atoms with Gasteiger partial charge in [0, 0.05) is 24.2 Å². The maximum absolute atomic E-state index is 13.7. The average molecular weight is 539 g/mol. The largest absolute Gasteiger partial charge is 0.368 e. The third-order valence-corrected chi connectivity index (χ3v) is 9.34. The highest BCUT2D eigenvalue weighted by Gasteiger charge is 2.52. The Hall–Kier alpha value is -3.64. The van der Waals surface area contributed by atoms with Gasteiger partial charge in [0.25, 0.3) is 5.91 Å². The quantitative estimate of drug-likeness (QED) is 0.579. The van der Waals surface area contributed by atoms with Gasteiger partial charge in [0.1, 0.15) is 17.2 Å². The number of hydrogen-bond acceptors (Lipinski definition) is 4. The molecule has 2 N–H and O–H groups in total. The van der Waals surface area contributed by atoms with E-state index in [1.54, 1.807) is 0 Å². The molecule has 0 aromatic heterocycles. The van der Waals surface area contributed by atoms with E-state index in [9.17, 15) is 9.59 Å². The minimum Gasteiger partial charge on any atom is -0.368 e. The zero-order valence-electron chi connectivity index (χ0n) is 21.8. The molecule has 39 heavy (non-hydrogen) atoms. The van der Waals surface area contributed by atoms with E-state index in [2.05, 4.69) is 53.1 Å². The highest BCUT2D eigenvalue weighted by molar-refractivity contribution is 6.50. The van der Waals surface area contributed by atoms with Crippen molar-refractivity contribution in [2.45, 2.75) is 50.6 Å². The lowest BCUT2D eigenvalue weighted by atomic mass is 9.78. The Bertz CT molecular complexity index is 1510. The molecule has 2 amide bonds. The molecule has 2 spiro atoms. The van der Waals surface area contributed by atoms with Crippen LogP contribution in [0.2, 0.25) is 5.02 Å². The summed E-state index contributed by atoms with van der Waals surface area (Å²) in [5.74, 6) is 0.899. The summed E-state index contributed by atoms with van der Waals surface area (Å²) in [6.07, 6.45) is 14.8. The van der Waals surface area contributed by atoms with Crippen molar-refractivity contribution in [3.63, 3.8) is 0 Å². The zero-order chi connectivity index (χ0) is 26.6. The first kappa shape index (κ1) is 24.4. The Balaban J connectivity index is 1.12. The fourth-order valence-corrected chi connectivity index (χ4v) is 7.27. The van der Waals surface area contributed by atoms with Crippen LogP contribution in [0.4, 0.5) is 0 Å². The van der Waals surface area contributed by atoms with Crippen LogP contribution in [0.5, 0.6) is 0 Å². The van der Waals surface area contributed by atoms with Gasteiger partial charge in [-0.1, -0.05) is 78.7 Å². The molecule has 5 aliphatic rings. The highest BCUT2D eigenvalue weighted by Crippen LogP contribution is 2.47. The minimum atomic E-state index is -0.522. The number of nitrogens with zero attached hydrogens (tertiary/aromatic N) is 2. The fourth-order valence-electron chi connectivity index (χ4n) is 7.04. The lowest BCUT2D eigenvalue weighted by molar-refractivity contribution is -0.128. The summed E-state index contributed by atoms with van der Waals surface area (Å²) in [6, 6.07) is 13.9. The number of allylic oxidation sites excluding steroid dienone is 1. The van der Waals surface area contributed by atoms with E-state index >= 15 is 0 Å². The Morgan fingerprint density at radius 1 is 1.03 bits per heavy atom. The van der Waals surface area contributed by atoms with Gasteiger partial charge < -0.3 is 15.5 Å². The lowest BCUT2D eigenvalue weighted by Gasteiger charge is -2.38. The number of amides is 2. The number of halogens is 1. The summed E-state index contributed by atoms with van der Waals surface area (Å²) in [5.41, 5.74) is 4.78. The highest BCUT2D eigenvalue weighted by atomic mass is 35.5. The van der Waals surface area contributed by atoms with Gasteiger partial charge in [-0.15, -0.1) is 0 Å². The molecule has 0 saturated heterocycles. The fraction of sp³-hybridized carbons (Fsp3) is 0.344. The first-order chi connectivity index (χ1) is 19.0. The predicted octanol–water partition coefficient (Wildman–Crippen LogP) is 4.93. The molecule has 2 aromatic carbocycles. The SMILES string of the molecule is O=C1C(c2ccccc2Cl)=NC2(CCCCC2)N1C/C=C/c1ccc2c(c1)CC1(C2)C(=O)NC2=C1C=CCN2. The number of rotatable bonds is 4. The number of dihydropyridines is 1. The summed E-state index contributed by atoms with van der Waals surface area (Å²) in [4.78, 5) is 33.7. The van der Waals surface area contributed by atoms with Crippen LogP contribution in [0.15, 0.2) is 77.1 Å². The van der Waals surface area contributed by atoms with Crippen molar-refractivity contribution in [2.75, 3.05) is 13.1 Å². The summed E-state index contributed by atoms with van der Waals surface area (Å²) in [7, 11) is 0. The van der Waals surface area contributed by atoms with Gasteiger partial charge in [0.15, 0.2) is 0 Å². The van der Waals surface area contributed by atoms with Gasteiger partial charge in [-0.25, -0.2) is 0 Å². The van der Waals surface area contributed by atoms with Crippen LogP contribution in [0.1, 0.15) is 54.4 Å². The molecule has 198 valence electrons. The Morgan fingerprint density at radius 3 is 2.69 bits per heavy atom. The molecule has 0 radical (unpaired) electrons. The molecule has 2 aromatic rings. The standard InChI is InChI=1S/C32H31ClN4O2/c33-26-11-3-2-9-24(26)27-29(38)37(32(36-27)14-4-1-5-15-32)17-7-8-21-12-13-22-19-31(20-23(22)18-21)25-10-6-16-34-28(25)35-30(31)39/h2-3,6-13,18,34H,1,4-5,14-17,19-20H2,(H,35,39)/b8-7+. The van der Waals surface area contributed by atoms with Gasteiger partial charge in [-0.3, -0.25) is 14.6 Å². The monoisotopic (exact) mass is 538 g/mol. The van der Waals surface area contributed by atoms with Crippen LogP contribution in [0.3, 0.4) is 0 Å². The lowest BCUT2D eigenvalue weighted by Crippen LogP contribution is -2.48. The van der Waals surface area contributed by atoms with Crippen LogP contribution >= 0.6 is 11.6 Å². The zero-order valence-corrected chi connectivity index (χ0v) is 22.6. The summed E-state index contributed by atoms with van der Waals surface area (Å²) in [6.45, 7) is 1.23. The maximum atomic E-state index is 13.7. The van der Waals surface area contributed by atoms with Crippen molar-refractivity contribution in [1.29, 1.82) is 0 Å². The Labute approximate surface area is 233 Å². The van der Waals surface area contributed by atoms with Gasteiger partial charge in [-0.05, 0) is 61.3 Å². The van der Waals surface area contributed by atoms with Gasteiger partial charge in [-0.2, -0.15) is 0 Å². The van der Waals surface area contributed by atoms with Crippen molar-refractivity contribution in [3.8, 4) is 0 Å². The molecule has 1 fully saturated rings. The number of carbonyl (C=O) groups excluding carboxylic acids is 2. The van der Waals surface area contributed by atoms with Gasteiger partial charge >= 0.3 is 0 Å². The Morgan fingerprint density at radius 2 is 1.85 bits per heavy atom. The number of nitrogens with one attached hydrogen (secondary N) is 2. The van der Waals surface area contributed by atoms with E-state index in [4.69, 9.17) is 16.6 Å². The molecule has 1 atom stereocenters. The molecule has 0 bridgehead atoms. The molecule has 3 heterocycles. The molecule has 1 unspecified atom stereocenters. The number of aliphatic imine (C=N–C) groups is 1. The van der Waals surface area contributed by atoms with E-state index in [-0.39, 0.29) is 11.8 Å². The van der Waals surface area contributed by atoms with E-state index in [0.717, 1.165) is 55.6 Å². The van der Waals surface area contributed by atoms with Crippen LogP contribution in [0, 0.1) is 5.41 Å². The first-order valence-corrected chi connectivity index (χ1v) is 14.3. The molecule has 1 saturated carbocycles. The molecular weight excluding hydrogens is 508 g/mol. The average Bonchev–Trinajstić information content (AvgIpc) is 3.55. The van der Waals surface area contributed by atoms with E-state index in [1.165, 1.54) is 17.5 Å². The van der Waals surface area contributed by atoms with Gasteiger partial charge in [0.2, 0.25) is 5.91 Å². The minimum absolute atomic E-state index is 0.0454. The summed E-state index contributed by atoms with van der Waals surface area (Å²) < 4.78 is 0. The van der Waals surface area contributed by atoms with Crippen LogP contribution in [-0.4, -0.2) is 41.2 Å². The van der Waals surface area contributed by atoms with Crippen molar-refractivity contribution >= 4 is 35.2 Å². The van der Waals surface area contributed by atoms with Crippen molar-refractivity contribution < 1.29 is 9.59 Å². The Kier molecular flexibility index (Phi) is 5.78. The normalized spacial score (nSPS) is 24.9. The molecule has 7 rings (SSSR count). The van der Waals surface area contributed by atoms with Crippen molar-refractivity contribution in [2.24, 2.45) is 10.4 Å². The van der Waals surface area contributed by atoms with Crippen LogP contribution in [-0.2, 0) is 22.4 Å². The smallest absolute Gasteiger partial charge is 0.274 e. The second-order valence-corrected chi connectivity index (χ2v) is 11.7. The number of hydrogen-bond donors (Lipinski definition) is 2. The number of benzene rings is 2. The maximum Gasteiger partial charge on any atom is 0.274 e. The first-order valence-electron chi connectivity index (χ1n) is 13.9. The third kappa shape index (κ3) is 3.88. The number of fused-ring (bicyclic) bond motifs is 2. The van der Waals surface area contributed by atoms with E-state index in [0.29, 0.717) is 29.3 Å².